The van der Waals surface area contributed by atoms with Gasteiger partial charge in [0.2, 0.25) is 5.91 Å². The summed E-state index contributed by atoms with van der Waals surface area (Å²) in [5.74, 6) is 0.397. The summed E-state index contributed by atoms with van der Waals surface area (Å²) < 4.78 is 10.7. The van der Waals surface area contributed by atoms with Gasteiger partial charge in [0.15, 0.2) is 11.5 Å². The van der Waals surface area contributed by atoms with Crippen molar-refractivity contribution in [1.29, 1.82) is 0 Å². The molecule has 0 heterocycles. The van der Waals surface area contributed by atoms with E-state index in [1.807, 2.05) is 72.8 Å². The molecule has 4 aromatic carbocycles. The molecule has 0 spiro atoms. The van der Waals surface area contributed by atoms with Gasteiger partial charge in [-0.15, -0.1) is 0 Å². The monoisotopic (exact) mass is 454 g/mol. The number of ether oxygens (including phenoxy) is 2. The van der Waals surface area contributed by atoms with Crippen molar-refractivity contribution < 1.29 is 19.1 Å². The van der Waals surface area contributed by atoms with E-state index in [9.17, 15) is 9.59 Å². The minimum atomic E-state index is -0.313. The molecule has 0 unspecified atom stereocenters. The molecule has 0 bridgehead atoms. The summed E-state index contributed by atoms with van der Waals surface area (Å²) in [5.41, 5.74) is 2.04. The van der Waals surface area contributed by atoms with E-state index < -0.39 is 0 Å². The van der Waals surface area contributed by atoms with E-state index in [2.05, 4.69) is 5.32 Å². The maximum absolute atomic E-state index is 13.7. The zero-order valence-electron chi connectivity index (χ0n) is 19.2. The maximum atomic E-state index is 13.7. The van der Waals surface area contributed by atoms with Crippen LogP contribution in [0.25, 0.3) is 10.8 Å². The molecule has 0 atom stereocenters. The lowest BCUT2D eigenvalue weighted by Crippen LogP contribution is -2.40. The minimum Gasteiger partial charge on any atom is -0.493 e. The third-order valence-electron chi connectivity index (χ3n) is 5.57. The summed E-state index contributed by atoms with van der Waals surface area (Å²) in [6.07, 6.45) is 0. The topological polar surface area (TPSA) is 67.9 Å². The number of amides is 2. The molecular weight excluding hydrogens is 428 g/mol. The van der Waals surface area contributed by atoms with Gasteiger partial charge >= 0.3 is 0 Å². The van der Waals surface area contributed by atoms with Gasteiger partial charge in [0, 0.05) is 17.5 Å². The van der Waals surface area contributed by atoms with Crippen molar-refractivity contribution in [3.63, 3.8) is 0 Å². The van der Waals surface area contributed by atoms with Crippen molar-refractivity contribution in [3.8, 4) is 11.5 Å². The summed E-state index contributed by atoms with van der Waals surface area (Å²) in [4.78, 5) is 28.2. The van der Waals surface area contributed by atoms with Gasteiger partial charge in [0.25, 0.3) is 5.91 Å². The fourth-order valence-corrected chi connectivity index (χ4v) is 3.83. The van der Waals surface area contributed by atoms with Gasteiger partial charge in [-0.2, -0.15) is 0 Å². The van der Waals surface area contributed by atoms with Crippen molar-refractivity contribution >= 4 is 28.3 Å². The lowest BCUT2D eigenvalue weighted by Gasteiger charge is -2.24. The molecule has 0 aliphatic heterocycles. The van der Waals surface area contributed by atoms with Crippen molar-refractivity contribution in [1.82, 2.24) is 5.32 Å². The van der Waals surface area contributed by atoms with E-state index in [0.717, 1.165) is 16.3 Å². The van der Waals surface area contributed by atoms with Crippen molar-refractivity contribution in [2.75, 3.05) is 25.7 Å². The predicted octanol–water partition coefficient (Wildman–Crippen LogP) is 4.82. The van der Waals surface area contributed by atoms with Crippen LogP contribution in [0.4, 0.5) is 5.69 Å². The molecule has 34 heavy (non-hydrogen) atoms. The number of carbonyl (C=O) groups is 2. The van der Waals surface area contributed by atoms with Crippen molar-refractivity contribution in [2.45, 2.75) is 6.54 Å². The second kappa shape index (κ2) is 10.5. The van der Waals surface area contributed by atoms with Crippen LogP contribution in [0.2, 0.25) is 0 Å². The van der Waals surface area contributed by atoms with Crippen LogP contribution in [-0.2, 0) is 11.3 Å². The lowest BCUT2D eigenvalue weighted by atomic mass is 10.1. The smallest absolute Gasteiger partial charge is 0.258 e. The summed E-state index contributed by atoms with van der Waals surface area (Å²) in [6.45, 7) is 0.252. The number of hydrogen-bond acceptors (Lipinski definition) is 4. The van der Waals surface area contributed by atoms with Gasteiger partial charge in [-0.25, -0.2) is 0 Å². The van der Waals surface area contributed by atoms with E-state index in [0.29, 0.717) is 29.3 Å². The number of nitrogens with one attached hydrogen (secondary N) is 1. The van der Waals surface area contributed by atoms with Gasteiger partial charge in [0.1, 0.15) is 6.54 Å². The molecule has 0 aliphatic rings. The Balaban J connectivity index is 1.68. The quantitative estimate of drug-likeness (QED) is 0.415. The van der Waals surface area contributed by atoms with Crippen LogP contribution in [0.5, 0.6) is 11.5 Å². The molecular formula is C28H26N2O4. The van der Waals surface area contributed by atoms with Gasteiger partial charge < -0.3 is 14.8 Å². The number of carbonyl (C=O) groups excluding carboxylic acids is 2. The van der Waals surface area contributed by atoms with Crippen LogP contribution in [0.3, 0.4) is 0 Å². The lowest BCUT2D eigenvalue weighted by molar-refractivity contribution is -0.119. The van der Waals surface area contributed by atoms with E-state index in [4.69, 9.17) is 9.47 Å². The minimum absolute atomic E-state index is 0.131. The highest BCUT2D eigenvalue weighted by molar-refractivity contribution is 6.13. The molecule has 6 heteroatoms. The molecule has 172 valence electrons. The third-order valence-corrected chi connectivity index (χ3v) is 5.57. The van der Waals surface area contributed by atoms with Gasteiger partial charge in [-0.3, -0.25) is 14.5 Å². The second-order valence-electron chi connectivity index (χ2n) is 7.72. The molecule has 0 aliphatic carbocycles. The number of methoxy groups -OCH3 is 2. The molecule has 4 aromatic rings. The van der Waals surface area contributed by atoms with Crippen molar-refractivity contribution in [3.05, 3.63) is 102 Å². The van der Waals surface area contributed by atoms with Crippen LogP contribution in [-0.4, -0.2) is 32.6 Å². The first-order valence-electron chi connectivity index (χ1n) is 10.9. The van der Waals surface area contributed by atoms with E-state index in [-0.39, 0.29) is 18.4 Å². The van der Waals surface area contributed by atoms with Crippen LogP contribution in [0.1, 0.15) is 15.9 Å². The Morgan fingerprint density at radius 2 is 1.50 bits per heavy atom. The fraction of sp³-hybridized carbons (Fsp3) is 0.143. The summed E-state index contributed by atoms with van der Waals surface area (Å²) >= 11 is 0. The number of hydrogen-bond donors (Lipinski definition) is 1. The van der Waals surface area contributed by atoms with E-state index in [1.165, 1.54) is 12.0 Å². The number of fused-ring (bicyclic) bond motifs is 1. The third kappa shape index (κ3) is 5.02. The number of benzene rings is 4. The van der Waals surface area contributed by atoms with Crippen LogP contribution in [0, 0.1) is 0 Å². The standard InChI is InChI=1S/C28H26N2O4/c1-33-25-16-15-22(17-26(25)34-2)28(32)30(19-27(31)29-18-20-9-4-3-5-10-20)24-14-8-12-21-11-6-7-13-23(21)24/h3-17H,18-19H2,1-2H3,(H,29,31). The Morgan fingerprint density at radius 3 is 2.26 bits per heavy atom. The maximum Gasteiger partial charge on any atom is 0.258 e. The molecule has 0 fully saturated rings. The number of nitrogens with zero attached hydrogens (tertiary/aromatic N) is 1. The average molecular weight is 455 g/mol. The van der Waals surface area contributed by atoms with Gasteiger partial charge in [-0.1, -0.05) is 66.7 Å². The number of rotatable bonds is 8. The Hall–Kier alpha value is -4.32. The van der Waals surface area contributed by atoms with Crippen molar-refractivity contribution in [2.24, 2.45) is 0 Å². The Bertz CT molecular complexity index is 1300. The number of anilines is 1. The highest BCUT2D eigenvalue weighted by Crippen LogP contribution is 2.31. The molecule has 0 saturated carbocycles. The Kier molecular flexibility index (Phi) is 7.08. The normalized spacial score (nSPS) is 10.5. The fourth-order valence-electron chi connectivity index (χ4n) is 3.83. The molecule has 2 amide bonds. The molecule has 0 aromatic heterocycles. The summed E-state index contributed by atoms with van der Waals surface area (Å²) in [5, 5.41) is 4.78. The van der Waals surface area contributed by atoms with E-state index in [1.54, 1.807) is 25.3 Å². The molecule has 0 saturated heterocycles. The summed E-state index contributed by atoms with van der Waals surface area (Å²) in [7, 11) is 3.06. The highest BCUT2D eigenvalue weighted by Gasteiger charge is 2.23. The van der Waals surface area contributed by atoms with Crippen LogP contribution >= 0.6 is 0 Å². The largest absolute Gasteiger partial charge is 0.493 e. The van der Waals surface area contributed by atoms with Gasteiger partial charge in [0.05, 0.1) is 19.9 Å². The molecule has 0 radical (unpaired) electrons. The average Bonchev–Trinajstić information content (AvgIpc) is 2.90. The molecule has 6 nitrogen and oxygen atoms in total. The summed E-state index contributed by atoms with van der Waals surface area (Å²) in [6, 6.07) is 28.1. The van der Waals surface area contributed by atoms with E-state index >= 15 is 0 Å². The Labute approximate surface area is 198 Å². The SMILES string of the molecule is COc1ccc(C(=O)N(CC(=O)NCc2ccccc2)c2cccc3ccccc23)cc1OC. The molecule has 4 rings (SSSR count). The van der Waals surface area contributed by atoms with Crippen LogP contribution < -0.4 is 19.7 Å². The van der Waals surface area contributed by atoms with Crippen LogP contribution in [0.15, 0.2) is 91.0 Å². The van der Waals surface area contributed by atoms with Gasteiger partial charge in [-0.05, 0) is 35.2 Å². The first kappa shape index (κ1) is 22.9. The Morgan fingerprint density at radius 1 is 0.794 bits per heavy atom. The predicted molar refractivity (Wildman–Crippen MR) is 133 cm³/mol. The molecule has 1 N–H and O–H groups in total. The zero-order valence-corrected chi connectivity index (χ0v) is 19.2. The first-order valence-corrected chi connectivity index (χ1v) is 10.9. The first-order chi connectivity index (χ1) is 16.6. The second-order valence-corrected chi connectivity index (χ2v) is 7.72. The highest BCUT2D eigenvalue weighted by atomic mass is 16.5. The zero-order chi connectivity index (χ0) is 23.9.